The van der Waals surface area contributed by atoms with Crippen molar-refractivity contribution in [1.29, 1.82) is 0 Å². The maximum Gasteiger partial charge on any atom is 0.190 e. The van der Waals surface area contributed by atoms with E-state index in [2.05, 4.69) is 22.5 Å². The number of hydrogen-bond acceptors (Lipinski definition) is 6. The van der Waals surface area contributed by atoms with Gasteiger partial charge in [0.1, 0.15) is 5.75 Å². The first-order valence-corrected chi connectivity index (χ1v) is 8.20. The molecule has 0 aliphatic carbocycles. The molecule has 0 fully saturated rings. The van der Waals surface area contributed by atoms with Crippen LogP contribution in [0.4, 0.5) is 0 Å². The summed E-state index contributed by atoms with van der Waals surface area (Å²) >= 11 is 0. The molecule has 7 N–H and O–H groups in total. The zero-order valence-corrected chi connectivity index (χ0v) is 14.6. The van der Waals surface area contributed by atoms with Crippen molar-refractivity contribution in [1.82, 2.24) is 15.6 Å². The highest BCUT2D eigenvalue weighted by Gasteiger charge is 2.05. The Kier molecular flexibility index (Phi) is 6.62. The zero-order valence-electron chi connectivity index (χ0n) is 14.6. The summed E-state index contributed by atoms with van der Waals surface area (Å²) in [6.45, 7) is 4.36. The SMILES string of the molecule is CCC/C=C(/N/C=C(\C)c1cc(=O)c2ccc(ON)cc2[nH]1)NCN. The van der Waals surface area contributed by atoms with Crippen LogP contribution in [0.15, 0.2) is 47.2 Å². The van der Waals surface area contributed by atoms with Crippen molar-refractivity contribution in [2.75, 3.05) is 6.67 Å². The normalized spacial score (nSPS) is 12.3. The van der Waals surface area contributed by atoms with Crippen LogP contribution in [0.3, 0.4) is 0 Å². The predicted octanol–water partition coefficient (Wildman–Crippen LogP) is 1.88. The van der Waals surface area contributed by atoms with Gasteiger partial charge in [0.2, 0.25) is 0 Å². The van der Waals surface area contributed by atoms with Crippen molar-refractivity contribution in [2.45, 2.75) is 26.7 Å². The molecule has 2 aromatic rings. The van der Waals surface area contributed by atoms with E-state index in [1.54, 1.807) is 24.3 Å². The van der Waals surface area contributed by atoms with E-state index in [-0.39, 0.29) is 5.43 Å². The third-order valence-electron chi connectivity index (χ3n) is 3.74. The second kappa shape index (κ2) is 8.91. The largest absolute Gasteiger partial charge is 0.411 e. The molecule has 1 heterocycles. The van der Waals surface area contributed by atoms with E-state index in [1.165, 1.54) is 0 Å². The smallest absolute Gasteiger partial charge is 0.190 e. The predicted molar refractivity (Wildman–Crippen MR) is 101 cm³/mol. The maximum atomic E-state index is 12.3. The van der Waals surface area contributed by atoms with Gasteiger partial charge in [0.15, 0.2) is 5.43 Å². The van der Waals surface area contributed by atoms with Gasteiger partial charge in [-0.1, -0.05) is 13.3 Å². The van der Waals surface area contributed by atoms with E-state index in [1.807, 2.05) is 19.2 Å². The number of aromatic nitrogens is 1. The van der Waals surface area contributed by atoms with Crippen LogP contribution < -0.4 is 32.5 Å². The van der Waals surface area contributed by atoms with Gasteiger partial charge >= 0.3 is 0 Å². The lowest BCUT2D eigenvalue weighted by molar-refractivity contribution is 0.335. The number of rotatable bonds is 8. The summed E-state index contributed by atoms with van der Waals surface area (Å²) in [4.78, 5) is 20.3. The van der Waals surface area contributed by atoms with Crippen molar-refractivity contribution in [3.63, 3.8) is 0 Å². The second-order valence-corrected chi connectivity index (χ2v) is 5.63. The fourth-order valence-electron chi connectivity index (χ4n) is 2.36. The second-order valence-electron chi connectivity index (χ2n) is 5.63. The zero-order chi connectivity index (χ0) is 18.2. The molecule has 0 unspecified atom stereocenters. The third-order valence-corrected chi connectivity index (χ3v) is 3.74. The first-order chi connectivity index (χ1) is 12.1. The average Bonchev–Trinajstić information content (AvgIpc) is 2.63. The molecule has 7 nitrogen and oxygen atoms in total. The number of aromatic amines is 1. The topological polar surface area (TPSA) is 118 Å². The third kappa shape index (κ3) is 4.85. The van der Waals surface area contributed by atoms with Crippen LogP contribution in [0.2, 0.25) is 0 Å². The quantitative estimate of drug-likeness (QED) is 0.369. The Morgan fingerprint density at radius 2 is 2.16 bits per heavy atom. The number of H-pyrrole nitrogens is 1. The summed E-state index contributed by atoms with van der Waals surface area (Å²) in [5, 5.41) is 6.83. The number of benzene rings is 1. The Labute approximate surface area is 146 Å². The minimum absolute atomic E-state index is 0.0677. The molecule has 134 valence electrons. The van der Waals surface area contributed by atoms with Gasteiger partial charge in [0.25, 0.3) is 0 Å². The number of nitrogens with two attached hydrogens (primary N) is 2. The molecule has 1 aromatic heterocycles. The first kappa shape index (κ1) is 18.6. The highest BCUT2D eigenvalue weighted by atomic mass is 16.6. The van der Waals surface area contributed by atoms with Crippen LogP contribution in [0.5, 0.6) is 5.75 Å². The number of nitrogens with one attached hydrogen (secondary N) is 3. The van der Waals surface area contributed by atoms with Gasteiger partial charge in [-0.2, -0.15) is 5.90 Å². The van der Waals surface area contributed by atoms with Crippen molar-refractivity contribution >= 4 is 16.5 Å². The monoisotopic (exact) mass is 343 g/mol. The summed E-state index contributed by atoms with van der Waals surface area (Å²) in [7, 11) is 0. The highest BCUT2D eigenvalue weighted by molar-refractivity contribution is 5.82. The Morgan fingerprint density at radius 1 is 1.36 bits per heavy atom. The van der Waals surface area contributed by atoms with E-state index in [4.69, 9.17) is 16.5 Å². The summed E-state index contributed by atoms with van der Waals surface area (Å²) in [5.41, 5.74) is 7.73. The molecule has 0 atom stereocenters. The standard InChI is InChI=1S/C18H25N5O2/c1-3-4-5-18(22-11-19)21-10-12(2)15-9-17(24)14-7-6-13(25-20)8-16(14)23-15/h5-10,21-22H,3-4,11,19-20H2,1-2H3,(H,23,24)/b12-10+,18-5-. The lowest BCUT2D eigenvalue weighted by atomic mass is 10.1. The molecule has 0 bridgehead atoms. The molecule has 2 rings (SSSR count). The molecular weight excluding hydrogens is 318 g/mol. The molecule has 0 saturated heterocycles. The lowest BCUT2D eigenvalue weighted by Crippen LogP contribution is -2.28. The highest BCUT2D eigenvalue weighted by Crippen LogP contribution is 2.18. The van der Waals surface area contributed by atoms with Crippen LogP contribution in [0, 0.1) is 0 Å². The molecule has 0 aliphatic rings. The molecule has 7 heteroatoms. The minimum atomic E-state index is -0.0677. The lowest BCUT2D eigenvalue weighted by Gasteiger charge is -2.11. The number of fused-ring (bicyclic) bond motifs is 1. The molecule has 25 heavy (non-hydrogen) atoms. The fraction of sp³-hybridized carbons (Fsp3) is 0.278. The molecular formula is C18H25N5O2. The molecule has 1 aromatic carbocycles. The van der Waals surface area contributed by atoms with Gasteiger partial charge in [0.05, 0.1) is 18.0 Å². The van der Waals surface area contributed by atoms with Crippen molar-refractivity contribution in [3.8, 4) is 5.75 Å². The van der Waals surface area contributed by atoms with Crippen LogP contribution >= 0.6 is 0 Å². The fourth-order valence-corrected chi connectivity index (χ4v) is 2.36. The van der Waals surface area contributed by atoms with Gasteiger partial charge in [0, 0.05) is 29.4 Å². The Balaban J connectivity index is 2.31. The average molecular weight is 343 g/mol. The van der Waals surface area contributed by atoms with Crippen LogP contribution in [-0.4, -0.2) is 11.7 Å². The summed E-state index contributed by atoms with van der Waals surface area (Å²) in [5.74, 6) is 6.51. The molecule has 0 saturated carbocycles. The molecule has 0 spiro atoms. The first-order valence-electron chi connectivity index (χ1n) is 8.20. The van der Waals surface area contributed by atoms with Gasteiger partial charge in [-0.05, 0) is 37.1 Å². The van der Waals surface area contributed by atoms with Crippen molar-refractivity contribution in [3.05, 3.63) is 58.3 Å². The van der Waals surface area contributed by atoms with Gasteiger partial charge in [-0.3, -0.25) is 4.79 Å². The van der Waals surface area contributed by atoms with E-state index in [0.29, 0.717) is 29.0 Å². The van der Waals surface area contributed by atoms with Crippen molar-refractivity contribution in [2.24, 2.45) is 11.6 Å². The van der Waals surface area contributed by atoms with Gasteiger partial charge in [-0.15, -0.1) is 0 Å². The molecule has 0 aliphatic heterocycles. The van der Waals surface area contributed by atoms with Gasteiger partial charge in [-0.25, -0.2) is 0 Å². The van der Waals surface area contributed by atoms with Crippen molar-refractivity contribution < 1.29 is 4.84 Å². The minimum Gasteiger partial charge on any atom is -0.411 e. The number of unbranched alkanes of at least 4 members (excludes halogenated alkanes) is 1. The Morgan fingerprint density at radius 3 is 2.84 bits per heavy atom. The van der Waals surface area contributed by atoms with Crippen LogP contribution in [0.1, 0.15) is 32.4 Å². The van der Waals surface area contributed by atoms with Crippen LogP contribution in [-0.2, 0) is 0 Å². The maximum absolute atomic E-state index is 12.3. The van der Waals surface area contributed by atoms with E-state index < -0.39 is 0 Å². The van der Waals surface area contributed by atoms with E-state index >= 15 is 0 Å². The van der Waals surface area contributed by atoms with Crippen LogP contribution in [0.25, 0.3) is 16.5 Å². The van der Waals surface area contributed by atoms with E-state index in [9.17, 15) is 4.79 Å². The Bertz CT molecular complexity index is 839. The number of pyridine rings is 1. The Hall–Kier alpha value is -2.77. The summed E-state index contributed by atoms with van der Waals surface area (Å²) < 4.78 is 0. The molecule has 0 radical (unpaired) electrons. The number of allylic oxidation sites excluding steroid dienone is 2. The van der Waals surface area contributed by atoms with Gasteiger partial charge < -0.3 is 26.2 Å². The molecule has 0 amide bonds. The summed E-state index contributed by atoms with van der Waals surface area (Å²) in [6, 6.07) is 6.62. The van der Waals surface area contributed by atoms with E-state index in [0.717, 1.165) is 24.2 Å². The number of hydrogen-bond donors (Lipinski definition) is 5. The summed E-state index contributed by atoms with van der Waals surface area (Å²) in [6.07, 6.45) is 5.86.